The standard InChI is InChI=1S/C15H20N6O3/c1-19-9-11(7-16-19)21-6-4-12(14(21)22)20-5-2-3-10(8-20)13-17-18-15(23)24-13/h7,9-10,12H,2-6,8H2,1H3,(H,18,23). The molecule has 1 N–H and O–H groups in total. The predicted molar refractivity (Wildman–Crippen MR) is 84.6 cm³/mol. The number of amides is 1. The number of carbonyl (C=O) groups excluding carboxylic acids is 1. The molecular weight excluding hydrogens is 312 g/mol. The van der Waals surface area contributed by atoms with Crippen LogP contribution in [0.15, 0.2) is 21.6 Å². The lowest BCUT2D eigenvalue weighted by Crippen LogP contribution is -2.46. The Balaban J connectivity index is 1.47. The summed E-state index contributed by atoms with van der Waals surface area (Å²) in [6.07, 6.45) is 6.25. The van der Waals surface area contributed by atoms with Crippen LogP contribution < -0.4 is 10.7 Å². The van der Waals surface area contributed by atoms with Crippen LogP contribution in [0.2, 0.25) is 0 Å². The lowest BCUT2D eigenvalue weighted by Gasteiger charge is -2.34. The molecule has 9 nitrogen and oxygen atoms in total. The fourth-order valence-corrected chi connectivity index (χ4v) is 3.71. The monoisotopic (exact) mass is 332 g/mol. The minimum atomic E-state index is -0.526. The van der Waals surface area contributed by atoms with E-state index in [4.69, 9.17) is 4.42 Å². The van der Waals surface area contributed by atoms with Crippen LogP contribution in [0, 0.1) is 0 Å². The van der Waals surface area contributed by atoms with Gasteiger partial charge in [0.2, 0.25) is 11.8 Å². The molecule has 2 fully saturated rings. The Morgan fingerprint density at radius 1 is 1.29 bits per heavy atom. The zero-order valence-electron chi connectivity index (χ0n) is 13.5. The molecule has 2 atom stereocenters. The summed E-state index contributed by atoms with van der Waals surface area (Å²) < 4.78 is 6.80. The summed E-state index contributed by atoms with van der Waals surface area (Å²) >= 11 is 0. The number of rotatable bonds is 3. The third-order valence-corrected chi connectivity index (χ3v) is 4.88. The first kappa shape index (κ1) is 15.1. The van der Waals surface area contributed by atoms with E-state index in [0.29, 0.717) is 19.0 Å². The van der Waals surface area contributed by atoms with Gasteiger partial charge in [0.1, 0.15) is 0 Å². The number of aromatic nitrogens is 4. The SMILES string of the molecule is Cn1cc(N2CCC(N3CCCC(c4n[nH]c(=O)o4)C3)C2=O)cn1. The van der Waals surface area contributed by atoms with Crippen molar-refractivity contribution in [3.05, 3.63) is 28.8 Å². The van der Waals surface area contributed by atoms with Crippen LogP contribution in [0.25, 0.3) is 0 Å². The summed E-state index contributed by atoms with van der Waals surface area (Å²) in [5.74, 6) is 0.0890. The summed E-state index contributed by atoms with van der Waals surface area (Å²) in [5, 5.41) is 10.4. The maximum Gasteiger partial charge on any atom is 0.434 e. The third-order valence-electron chi connectivity index (χ3n) is 4.88. The molecule has 4 rings (SSSR count). The van der Waals surface area contributed by atoms with Crippen molar-refractivity contribution in [3.8, 4) is 0 Å². The number of aryl methyl sites for hydroxylation is 1. The van der Waals surface area contributed by atoms with Crippen LogP contribution in [-0.2, 0) is 11.8 Å². The smallest absolute Gasteiger partial charge is 0.392 e. The number of nitrogens with zero attached hydrogens (tertiary/aromatic N) is 5. The van der Waals surface area contributed by atoms with Crippen molar-refractivity contribution in [3.63, 3.8) is 0 Å². The van der Waals surface area contributed by atoms with E-state index in [2.05, 4.69) is 20.2 Å². The van der Waals surface area contributed by atoms with Crippen LogP contribution >= 0.6 is 0 Å². The number of H-pyrrole nitrogens is 1. The van der Waals surface area contributed by atoms with E-state index in [1.807, 2.05) is 13.2 Å². The van der Waals surface area contributed by atoms with Gasteiger partial charge < -0.3 is 9.32 Å². The van der Waals surface area contributed by atoms with Crippen LogP contribution in [-0.4, -0.2) is 56.5 Å². The van der Waals surface area contributed by atoms with E-state index in [1.54, 1.807) is 15.8 Å². The van der Waals surface area contributed by atoms with Crippen molar-refractivity contribution >= 4 is 11.6 Å². The van der Waals surface area contributed by atoms with Gasteiger partial charge in [-0.15, -0.1) is 5.10 Å². The molecule has 24 heavy (non-hydrogen) atoms. The summed E-state index contributed by atoms with van der Waals surface area (Å²) in [7, 11) is 1.84. The molecule has 0 spiro atoms. The molecule has 0 aliphatic carbocycles. The molecule has 0 bridgehead atoms. The highest BCUT2D eigenvalue weighted by atomic mass is 16.4. The molecule has 1 amide bonds. The van der Waals surface area contributed by atoms with Crippen molar-refractivity contribution in [1.29, 1.82) is 0 Å². The Hall–Kier alpha value is -2.42. The number of carbonyl (C=O) groups is 1. The van der Waals surface area contributed by atoms with Gasteiger partial charge >= 0.3 is 5.76 Å². The quantitative estimate of drug-likeness (QED) is 0.854. The van der Waals surface area contributed by atoms with E-state index in [0.717, 1.165) is 31.5 Å². The molecule has 128 valence electrons. The summed E-state index contributed by atoms with van der Waals surface area (Å²) in [5.41, 5.74) is 0.844. The van der Waals surface area contributed by atoms with Crippen LogP contribution in [0.1, 0.15) is 31.1 Å². The molecule has 0 aromatic carbocycles. The van der Waals surface area contributed by atoms with Gasteiger partial charge in [0.05, 0.1) is 23.8 Å². The number of hydrogen-bond acceptors (Lipinski definition) is 6. The predicted octanol–water partition coefficient (Wildman–Crippen LogP) is 0.0813. The first-order valence-corrected chi connectivity index (χ1v) is 8.21. The largest absolute Gasteiger partial charge is 0.434 e. The van der Waals surface area contributed by atoms with E-state index in [-0.39, 0.29) is 17.9 Å². The van der Waals surface area contributed by atoms with Crippen LogP contribution in [0.4, 0.5) is 5.69 Å². The van der Waals surface area contributed by atoms with Crippen molar-refractivity contribution in [2.75, 3.05) is 24.5 Å². The molecule has 2 aliphatic heterocycles. The Labute approximate surface area is 138 Å². The van der Waals surface area contributed by atoms with Crippen LogP contribution in [0.3, 0.4) is 0 Å². The lowest BCUT2D eigenvalue weighted by atomic mass is 9.96. The molecular formula is C15H20N6O3. The normalized spacial score (nSPS) is 25.5. The average Bonchev–Trinajstić information content (AvgIpc) is 3.28. The molecule has 0 saturated carbocycles. The number of nitrogens with one attached hydrogen (secondary N) is 1. The lowest BCUT2D eigenvalue weighted by molar-refractivity contribution is -0.122. The fraction of sp³-hybridized carbons (Fsp3) is 0.600. The fourth-order valence-electron chi connectivity index (χ4n) is 3.71. The van der Waals surface area contributed by atoms with Crippen molar-refractivity contribution in [2.24, 2.45) is 7.05 Å². The minimum Gasteiger partial charge on any atom is -0.392 e. The van der Waals surface area contributed by atoms with E-state index in [9.17, 15) is 9.59 Å². The van der Waals surface area contributed by atoms with Crippen molar-refractivity contribution < 1.29 is 9.21 Å². The molecule has 2 aliphatic rings. The first-order chi connectivity index (χ1) is 11.6. The molecule has 4 heterocycles. The maximum atomic E-state index is 12.8. The maximum absolute atomic E-state index is 12.8. The summed E-state index contributed by atoms with van der Waals surface area (Å²) in [6.45, 7) is 2.27. The molecule has 2 aromatic heterocycles. The van der Waals surface area contributed by atoms with Gasteiger partial charge in [-0.25, -0.2) is 9.89 Å². The summed E-state index contributed by atoms with van der Waals surface area (Å²) in [6, 6.07) is -0.126. The van der Waals surface area contributed by atoms with Gasteiger partial charge in [-0.2, -0.15) is 5.10 Å². The molecule has 2 aromatic rings. The Kier molecular flexibility index (Phi) is 3.72. The molecule has 9 heteroatoms. The highest BCUT2D eigenvalue weighted by molar-refractivity contribution is 5.99. The number of aromatic amines is 1. The molecule has 0 radical (unpaired) electrons. The van der Waals surface area contributed by atoms with Gasteiger partial charge in [0.25, 0.3) is 0 Å². The van der Waals surface area contributed by atoms with Gasteiger partial charge in [0, 0.05) is 26.3 Å². The minimum absolute atomic E-state index is 0.0536. The Bertz CT molecular complexity index is 793. The Morgan fingerprint density at radius 3 is 2.88 bits per heavy atom. The highest BCUT2D eigenvalue weighted by Gasteiger charge is 2.39. The number of piperidine rings is 1. The zero-order valence-corrected chi connectivity index (χ0v) is 13.5. The zero-order chi connectivity index (χ0) is 16.7. The number of likely N-dealkylation sites (tertiary alicyclic amines) is 1. The second-order valence-electron chi connectivity index (χ2n) is 6.45. The van der Waals surface area contributed by atoms with Crippen molar-refractivity contribution in [1.82, 2.24) is 24.9 Å². The Morgan fingerprint density at radius 2 is 2.17 bits per heavy atom. The van der Waals surface area contributed by atoms with E-state index >= 15 is 0 Å². The molecule has 2 unspecified atom stereocenters. The number of anilines is 1. The second kappa shape index (κ2) is 5.90. The average molecular weight is 332 g/mol. The van der Waals surface area contributed by atoms with Gasteiger partial charge in [0.15, 0.2) is 0 Å². The first-order valence-electron chi connectivity index (χ1n) is 8.21. The van der Waals surface area contributed by atoms with Gasteiger partial charge in [-0.1, -0.05) is 0 Å². The summed E-state index contributed by atoms with van der Waals surface area (Å²) in [4.78, 5) is 28.0. The van der Waals surface area contributed by atoms with Gasteiger partial charge in [-0.3, -0.25) is 14.4 Å². The topological polar surface area (TPSA) is 100 Å². The second-order valence-corrected chi connectivity index (χ2v) is 6.45. The number of hydrogen-bond donors (Lipinski definition) is 1. The highest BCUT2D eigenvalue weighted by Crippen LogP contribution is 2.30. The van der Waals surface area contributed by atoms with Gasteiger partial charge in [-0.05, 0) is 25.8 Å². The van der Waals surface area contributed by atoms with Crippen LogP contribution in [0.5, 0.6) is 0 Å². The molecule has 2 saturated heterocycles. The third kappa shape index (κ3) is 2.64. The van der Waals surface area contributed by atoms with Crippen molar-refractivity contribution in [2.45, 2.75) is 31.2 Å². The van der Waals surface area contributed by atoms with E-state index in [1.165, 1.54) is 0 Å². The van der Waals surface area contributed by atoms with E-state index < -0.39 is 5.76 Å².